The maximum Gasteiger partial charge on any atom is 0.354 e. The number of aromatic nitrogens is 7. The lowest BCUT2D eigenvalue weighted by Gasteiger charge is -2.11. The van der Waals surface area contributed by atoms with E-state index in [2.05, 4.69) is 25.0 Å². The van der Waals surface area contributed by atoms with Gasteiger partial charge in [0.2, 0.25) is 0 Å². The summed E-state index contributed by atoms with van der Waals surface area (Å²) in [6.07, 6.45) is 4.05. The Kier molecular flexibility index (Phi) is 5.94. The maximum absolute atomic E-state index is 15.7. The number of hydrogen-bond donors (Lipinski definition) is 0. The zero-order chi connectivity index (χ0) is 29.3. The molecule has 214 valence electrons. The van der Waals surface area contributed by atoms with Crippen LogP contribution in [0.2, 0.25) is 0 Å². The van der Waals surface area contributed by atoms with Gasteiger partial charge in [-0.1, -0.05) is 19.9 Å². The minimum absolute atomic E-state index is 0.0276. The van der Waals surface area contributed by atoms with Crippen molar-refractivity contribution in [2.45, 2.75) is 50.7 Å². The molecule has 6 aromatic rings. The Morgan fingerprint density at radius 2 is 1.86 bits per heavy atom. The molecule has 0 unspecified atom stereocenters. The minimum Gasteiger partial charge on any atom is -0.454 e. The van der Waals surface area contributed by atoms with E-state index in [0.29, 0.717) is 18.5 Å². The van der Waals surface area contributed by atoms with E-state index < -0.39 is 32.6 Å². The van der Waals surface area contributed by atoms with Crippen molar-refractivity contribution in [1.82, 2.24) is 33.5 Å². The first kappa shape index (κ1) is 26.3. The van der Waals surface area contributed by atoms with Crippen LogP contribution in [0.15, 0.2) is 52.1 Å². The standard InChI is InChI=1S/C28H23F2N7O4S/c1-14(2)24-26-21(10-11-31-24)41-20-5-3-4-17(29)23(20)25-18(30)12-16-19(33-28(38)37(26)27(16)34-25)8-9-22-32-13-36(35-22)42(39,40)15-6-7-15/h3-5,10-15H,6-9H2,1-2H3. The molecule has 1 aliphatic carbocycles. The van der Waals surface area contributed by atoms with Crippen LogP contribution in [0, 0.1) is 11.6 Å². The van der Waals surface area contributed by atoms with Crippen molar-refractivity contribution in [1.29, 1.82) is 0 Å². The Bertz CT molecular complexity index is 2270. The van der Waals surface area contributed by atoms with Crippen molar-refractivity contribution in [3.05, 3.63) is 82.2 Å². The summed E-state index contributed by atoms with van der Waals surface area (Å²) in [7, 11) is -3.59. The molecule has 0 aliphatic heterocycles. The van der Waals surface area contributed by atoms with Crippen molar-refractivity contribution in [3.8, 4) is 0 Å². The highest BCUT2D eigenvalue weighted by molar-refractivity contribution is 7.90. The number of fused-ring (bicyclic) bond motifs is 5. The summed E-state index contributed by atoms with van der Waals surface area (Å²) in [6, 6.07) is 6.84. The lowest BCUT2D eigenvalue weighted by atomic mass is 10.1. The van der Waals surface area contributed by atoms with Gasteiger partial charge in [0.15, 0.2) is 22.9 Å². The number of rotatable bonds is 6. The quantitative estimate of drug-likeness (QED) is 0.279. The third kappa shape index (κ3) is 4.16. The second kappa shape index (κ2) is 9.48. The molecule has 0 spiro atoms. The molecule has 5 heterocycles. The third-order valence-corrected chi connectivity index (χ3v) is 9.34. The average molecular weight is 592 g/mol. The molecule has 5 aromatic heterocycles. The summed E-state index contributed by atoms with van der Waals surface area (Å²) in [5, 5.41) is 3.68. The SMILES string of the molecule is CC(C)c1nccc2oc3cccc(F)c3c3nc4c(cc3F)c(CCc3ncn(S(=O)(=O)C5CC5)n3)nc(=O)n4c12. The average Bonchev–Trinajstić information content (AvgIpc) is 3.69. The van der Waals surface area contributed by atoms with Gasteiger partial charge in [-0.2, -0.15) is 4.98 Å². The molecular formula is C28H23F2N7O4S. The summed E-state index contributed by atoms with van der Waals surface area (Å²) < 4.78 is 64.2. The molecule has 0 saturated heterocycles. The molecule has 1 aromatic carbocycles. The topological polar surface area (TPSA) is 138 Å². The van der Waals surface area contributed by atoms with Gasteiger partial charge in [0.1, 0.15) is 28.8 Å². The molecule has 0 amide bonds. The van der Waals surface area contributed by atoms with Gasteiger partial charge in [-0.15, -0.1) is 9.19 Å². The number of aryl methyl sites for hydroxylation is 2. The third-order valence-electron chi connectivity index (χ3n) is 7.33. The highest BCUT2D eigenvalue weighted by Crippen LogP contribution is 2.31. The fourth-order valence-corrected chi connectivity index (χ4v) is 6.56. The van der Waals surface area contributed by atoms with Crippen LogP contribution < -0.4 is 5.69 Å². The van der Waals surface area contributed by atoms with Crippen molar-refractivity contribution < 1.29 is 21.6 Å². The van der Waals surface area contributed by atoms with E-state index in [0.717, 1.165) is 10.4 Å². The Morgan fingerprint density at radius 1 is 1.05 bits per heavy atom. The molecule has 0 radical (unpaired) electrons. The van der Waals surface area contributed by atoms with E-state index >= 15 is 8.78 Å². The molecule has 2 bridgehead atoms. The predicted molar refractivity (Wildman–Crippen MR) is 149 cm³/mol. The first-order chi connectivity index (χ1) is 20.1. The van der Waals surface area contributed by atoms with E-state index in [4.69, 9.17) is 4.42 Å². The molecule has 42 heavy (non-hydrogen) atoms. The van der Waals surface area contributed by atoms with Crippen LogP contribution in [0.1, 0.15) is 49.8 Å². The highest BCUT2D eigenvalue weighted by atomic mass is 32.2. The normalized spacial score (nSPS) is 14.1. The van der Waals surface area contributed by atoms with Crippen LogP contribution in [0.3, 0.4) is 0 Å². The van der Waals surface area contributed by atoms with Gasteiger partial charge in [-0.05, 0) is 43.4 Å². The van der Waals surface area contributed by atoms with E-state index in [1.165, 1.54) is 34.9 Å². The molecule has 1 saturated carbocycles. The second-order valence-corrected chi connectivity index (χ2v) is 12.6. The molecule has 1 aliphatic rings. The molecule has 14 heteroatoms. The predicted octanol–water partition coefficient (Wildman–Crippen LogP) is 4.22. The van der Waals surface area contributed by atoms with Crippen LogP contribution in [0.25, 0.3) is 38.6 Å². The first-order valence-corrected chi connectivity index (χ1v) is 14.9. The Labute approximate surface area is 236 Å². The van der Waals surface area contributed by atoms with Gasteiger partial charge in [0.05, 0.1) is 22.0 Å². The summed E-state index contributed by atoms with van der Waals surface area (Å²) >= 11 is 0. The van der Waals surface area contributed by atoms with Gasteiger partial charge in [0.25, 0.3) is 10.0 Å². The van der Waals surface area contributed by atoms with Gasteiger partial charge >= 0.3 is 5.69 Å². The van der Waals surface area contributed by atoms with E-state index in [-0.39, 0.29) is 68.9 Å². The van der Waals surface area contributed by atoms with E-state index in [9.17, 15) is 13.2 Å². The second-order valence-electron chi connectivity index (χ2n) is 10.6. The van der Waals surface area contributed by atoms with Gasteiger partial charge in [0, 0.05) is 24.1 Å². The van der Waals surface area contributed by atoms with Crippen LogP contribution in [-0.4, -0.2) is 47.2 Å². The zero-order valence-corrected chi connectivity index (χ0v) is 23.3. The van der Waals surface area contributed by atoms with Crippen LogP contribution in [-0.2, 0) is 22.9 Å². The Morgan fingerprint density at radius 3 is 2.62 bits per heavy atom. The van der Waals surface area contributed by atoms with Crippen molar-refractivity contribution in [3.63, 3.8) is 0 Å². The number of hydrogen-bond acceptors (Lipinski definition) is 9. The molecular weight excluding hydrogens is 568 g/mol. The summed E-state index contributed by atoms with van der Waals surface area (Å²) in [5.74, 6) is -1.52. The Balaban J connectivity index is 1.50. The van der Waals surface area contributed by atoms with Crippen LogP contribution >= 0.6 is 0 Å². The highest BCUT2D eigenvalue weighted by Gasteiger charge is 2.38. The monoisotopic (exact) mass is 591 g/mol. The van der Waals surface area contributed by atoms with Crippen molar-refractivity contribution in [2.24, 2.45) is 0 Å². The van der Waals surface area contributed by atoms with Gasteiger partial charge in [-0.3, -0.25) is 4.98 Å². The minimum atomic E-state index is -3.59. The molecule has 1 fully saturated rings. The van der Waals surface area contributed by atoms with Gasteiger partial charge in [-0.25, -0.2) is 36.4 Å². The molecule has 11 nitrogen and oxygen atoms in total. The van der Waals surface area contributed by atoms with E-state index in [1.54, 1.807) is 6.07 Å². The number of nitrogens with zero attached hydrogens (tertiary/aromatic N) is 7. The maximum atomic E-state index is 15.7. The largest absolute Gasteiger partial charge is 0.454 e. The van der Waals surface area contributed by atoms with Crippen molar-refractivity contribution in [2.75, 3.05) is 0 Å². The smallest absolute Gasteiger partial charge is 0.354 e. The fraction of sp³-hybridized carbons (Fsp3) is 0.286. The molecule has 0 N–H and O–H groups in total. The summed E-state index contributed by atoms with van der Waals surface area (Å²) in [5.41, 5.74) is 0.221. The fourth-order valence-electron chi connectivity index (χ4n) is 5.13. The number of halogens is 2. The van der Waals surface area contributed by atoms with Gasteiger partial charge < -0.3 is 4.42 Å². The van der Waals surface area contributed by atoms with Crippen LogP contribution in [0.5, 0.6) is 0 Å². The zero-order valence-electron chi connectivity index (χ0n) is 22.5. The molecule has 7 rings (SSSR count). The first-order valence-electron chi connectivity index (χ1n) is 13.4. The molecule has 0 atom stereocenters. The summed E-state index contributed by atoms with van der Waals surface area (Å²) in [6.45, 7) is 3.79. The lowest BCUT2D eigenvalue weighted by molar-refractivity contribution is 0.577. The summed E-state index contributed by atoms with van der Waals surface area (Å²) in [4.78, 5) is 31.1. The van der Waals surface area contributed by atoms with E-state index in [1.807, 2.05) is 13.8 Å². The number of pyridine rings is 2. The van der Waals surface area contributed by atoms with Crippen LogP contribution in [0.4, 0.5) is 8.78 Å². The number of benzene rings is 1. The lowest BCUT2D eigenvalue weighted by Crippen LogP contribution is -2.22. The Hall–Kier alpha value is -4.59. The van der Waals surface area contributed by atoms with Crippen molar-refractivity contribution >= 4 is 48.6 Å².